The summed E-state index contributed by atoms with van der Waals surface area (Å²) in [5.41, 5.74) is 3.74. The highest BCUT2D eigenvalue weighted by Crippen LogP contribution is 2.42. The molecule has 3 aromatic rings. The lowest BCUT2D eigenvalue weighted by Gasteiger charge is -2.43. The maximum absolute atomic E-state index is 12.8. The van der Waals surface area contributed by atoms with Crippen LogP contribution in [0.3, 0.4) is 0 Å². The summed E-state index contributed by atoms with van der Waals surface area (Å²) in [6.45, 7) is 5.97. The summed E-state index contributed by atoms with van der Waals surface area (Å²) in [7, 11) is 0. The molecule has 7 heteroatoms. The highest BCUT2D eigenvalue weighted by atomic mass is 16.2. The third kappa shape index (κ3) is 2.98. The van der Waals surface area contributed by atoms with Crippen LogP contribution in [0.2, 0.25) is 0 Å². The SMILES string of the molecule is CC1(C(=O)N2CCN(c3cnn(Cc4ccc5c6c(cccc46)C(=O)N5)c3)CC2)CCC1. The number of piperazine rings is 1. The van der Waals surface area contributed by atoms with Crippen molar-refractivity contribution in [1.82, 2.24) is 14.7 Å². The van der Waals surface area contributed by atoms with E-state index >= 15 is 0 Å². The van der Waals surface area contributed by atoms with E-state index in [1.807, 2.05) is 34.0 Å². The average Bonchev–Trinajstić information content (AvgIpc) is 3.39. The largest absolute Gasteiger partial charge is 0.365 e. The summed E-state index contributed by atoms with van der Waals surface area (Å²) >= 11 is 0. The molecule has 1 saturated carbocycles. The fraction of sp³-hybridized carbons (Fsp3) is 0.400. The zero-order valence-electron chi connectivity index (χ0n) is 18.3. The summed E-state index contributed by atoms with van der Waals surface area (Å²) in [5, 5.41) is 9.63. The van der Waals surface area contributed by atoms with E-state index in [-0.39, 0.29) is 11.3 Å². The van der Waals surface area contributed by atoms with Crippen LogP contribution in [-0.4, -0.2) is 52.7 Å². The molecular formula is C25H27N5O2. The summed E-state index contributed by atoms with van der Waals surface area (Å²) < 4.78 is 1.95. The molecule has 0 unspecified atom stereocenters. The molecule has 0 spiro atoms. The van der Waals surface area contributed by atoms with Crippen molar-refractivity contribution in [2.75, 3.05) is 36.4 Å². The molecule has 0 bridgehead atoms. The van der Waals surface area contributed by atoms with Gasteiger partial charge in [0.05, 0.1) is 18.4 Å². The zero-order valence-corrected chi connectivity index (χ0v) is 18.3. The van der Waals surface area contributed by atoms with Gasteiger partial charge in [0.1, 0.15) is 0 Å². The number of hydrogen-bond donors (Lipinski definition) is 1. The van der Waals surface area contributed by atoms with E-state index in [0.29, 0.717) is 12.5 Å². The first-order valence-corrected chi connectivity index (χ1v) is 11.4. The lowest BCUT2D eigenvalue weighted by molar-refractivity contribution is -0.146. The molecule has 0 atom stereocenters. The van der Waals surface area contributed by atoms with Gasteiger partial charge >= 0.3 is 0 Å². The van der Waals surface area contributed by atoms with Gasteiger partial charge in [0.15, 0.2) is 0 Å². The Hall–Kier alpha value is -3.35. The van der Waals surface area contributed by atoms with Crippen molar-refractivity contribution in [2.45, 2.75) is 32.7 Å². The first kappa shape index (κ1) is 19.3. The molecule has 1 aliphatic carbocycles. The van der Waals surface area contributed by atoms with Crippen LogP contribution in [0.25, 0.3) is 10.8 Å². The molecule has 2 aliphatic heterocycles. The Kier molecular flexibility index (Phi) is 4.28. The molecule has 7 nitrogen and oxygen atoms in total. The van der Waals surface area contributed by atoms with Gasteiger partial charge in [-0.15, -0.1) is 0 Å². The Morgan fingerprint density at radius 1 is 1.12 bits per heavy atom. The molecule has 1 N–H and O–H groups in total. The first-order valence-electron chi connectivity index (χ1n) is 11.4. The molecule has 3 heterocycles. The van der Waals surface area contributed by atoms with Crippen molar-refractivity contribution in [3.05, 3.63) is 53.9 Å². The standard InChI is InChI=1S/C25H27N5O2/c1-25(8-3-9-25)24(32)29-12-10-28(11-13-29)18-14-26-30(16-18)15-17-6-7-21-22-19(17)4-2-5-20(22)23(31)27-21/h2,4-7,14,16H,3,8-13,15H2,1H3,(H,27,31). The topological polar surface area (TPSA) is 70.5 Å². The maximum atomic E-state index is 12.8. The minimum atomic E-state index is -0.118. The number of carbonyl (C=O) groups excluding carboxylic acids is 2. The van der Waals surface area contributed by atoms with Crippen molar-refractivity contribution in [3.63, 3.8) is 0 Å². The molecule has 2 fully saturated rings. The van der Waals surface area contributed by atoms with Crippen LogP contribution in [0.15, 0.2) is 42.7 Å². The quantitative estimate of drug-likeness (QED) is 0.689. The van der Waals surface area contributed by atoms with E-state index in [2.05, 4.69) is 40.6 Å². The summed E-state index contributed by atoms with van der Waals surface area (Å²) in [6.07, 6.45) is 7.22. The number of aromatic nitrogens is 2. The van der Waals surface area contributed by atoms with Crippen molar-refractivity contribution in [3.8, 4) is 0 Å². The Morgan fingerprint density at radius 3 is 2.69 bits per heavy atom. The van der Waals surface area contributed by atoms with Crippen LogP contribution in [0.5, 0.6) is 0 Å². The Labute approximate surface area is 187 Å². The molecule has 2 aromatic carbocycles. The van der Waals surface area contributed by atoms with Gasteiger partial charge in [0, 0.05) is 54.4 Å². The van der Waals surface area contributed by atoms with Crippen molar-refractivity contribution in [2.24, 2.45) is 5.41 Å². The van der Waals surface area contributed by atoms with Crippen molar-refractivity contribution in [1.29, 1.82) is 0 Å². The van der Waals surface area contributed by atoms with Crippen molar-refractivity contribution >= 4 is 34.0 Å². The number of rotatable bonds is 4. The van der Waals surface area contributed by atoms with E-state index in [4.69, 9.17) is 0 Å². The van der Waals surface area contributed by atoms with Gasteiger partial charge in [0.2, 0.25) is 5.91 Å². The Bertz CT molecular complexity index is 1230. The average molecular weight is 430 g/mol. The highest BCUT2D eigenvalue weighted by Gasteiger charge is 2.42. The van der Waals surface area contributed by atoms with Crippen LogP contribution in [-0.2, 0) is 11.3 Å². The number of hydrogen-bond acceptors (Lipinski definition) is 4. The molecule has 1 aromatic heterocycles. The molecule has 6 rings (SSSR count). The molecule has 164 valence electrons. The fourth-order valence-electron chi connectivity index (χ4n) is 5.34. The Balaban J connectivity index is 1.16. The van der Waals surface area contributed by atoms with E-state index in [1.165, 1.54) is 6.42 Å². The minimum Gasteiger partial charge on any atom is -0.365 e. The molecule has 2 amide bonds. The van der Waals surface area contributed by atoms with Crippen LogP contribution in [0.1, 0.15) is 42.1 Å². The predicted octanol–water partition coefficient (Wildman–Crippen LogP) is 3.49. The second-order valence-electron chi connectivity index (χ2n) is 9.54. The smallest absolute Gasteiger partial charge is 0.256 e. The van der Waals surface area contributed by atoms with Gasteiger partial charge < -0.3 is 15.1 Å². The highest BCUT2D eigenvalue weighted by molar-refractivity contribution is 6.24. The number of nitrogens with zero attached hydrogens (tertiary/aromatic N) is 4. The zero-order chi connectivity index (χ0) is 21.9. The summed E-state index contributed by atoms with van der Waals surface area (Å²) in [5.74, 6) is 0.298. The molecule has 0 radical (unpaired) electrons. The third-order valence-corrected chi connectivity index (χ3v) is 7.48. The van der Waals surface area contributed by atoms with Crippen LogP contribution in [0.4, 0.5) is 11.4 Å². The second kappa shape index (κ2) is 7.08. The van der Waals surface area contributed by atoms with Gasteiger partial charge in [-0.2, -0.15) is 5.10 Å². The fourth-order valence-corrected chi connectivity index (χ4v) is 5.34. The van der Waals surface area contributed by atoms with E-state index < -0.39 is 0 Å². The number of benzene rings is 2. The van der Waals surface area contributed by atoms with Crippen molar-refractivity contribution < 1.29 is 9.59 Å². The van der Waals surface area contributed by atoms with Crippen LogP contribution in [0, 0.1) is 5.41 Å². The van der Waals surface area contributed by atoms with E-state index in [9.17, 15) is 9.59 Å². The van der Waals surface area contributed by atoms with Gasteiger partial charge in [-0.3, -0.25) is 14.3 Å². The van der Waals surface area contributed by atoms with E-state index in [1.54, 1.807) is 0 Å². The predicted molar refractivity (Wildman–Crippen MR) is 124 cm³/mol. The molecule has 3 aliphatic rings. The van der Waals surface area contributed by atoms with E-state index in [0.717, 1.165) is 72.3 Å². The minimum absolute atomic E-state index is 0.0342. The number of anilines is 2. The monoisotopic (exact) mass is 429 g/mol. The lowest BCUT2D eigenvalue weighted by Crippen LogP contribution is -2.54. The molecular weight excluding hydrogens is 402 g/mol. The van der Waals surface area contributed by atoms with Crippen LogP contribution < -0.4 is 10.2 Å². The van der Waals surface area contributed by atoms with Crippen LogP contribution >= 0.6 is 0 Å². The molecule has 32 heavy (non-hydrogen) atoms. The number of amides is 2. The molecule has 1 saturated heterocycles. The second-order valence-corrected chi connectivity index (χ2v) is 9.54. The van der Waals surface area contributed by atoms with Gasteiger partial charge in [-0.25, -0.2) is 0 Å². The third-order valence-electron chi connectivity index (χ3n) is 7.48. The maximum Gasteiger partial charge on any atom is 0.256 e. The number of carbonyl (C=O) groups is 2. The first-order chi connectivity index (χ1) is 15.5. The van der Waals surface area contributed by atoms with Gasteiger partial charge in [0.25, 0.3) is 5.91 Å². The van der Waals surface area contributed by atoms with Gasteiger partial charge in [-0.1, -0.05) is 31.5 Å². The summed E-state index contributed by atoms with van der Waals surface area (Å²) in [6, 6.07) is 9.94. The summed E-state index contributed by atoms with van der Waals surface area (Å²) in [4.78, 5) is 29.3. The lowest BCUT2D eigenvalue weighted by atomic mass is 9.69. The van der Waals surface area contributed by atoms with Gasteiger partial charge in [-0.05, 0) is 35.9 Å². The Morgan fingerprint density at radius 2 is 1.94 bits per heavy atom. The number of nitrogens with one attached hydrogen (secondary N) is 1. The normalized spacial score (nSPS) is 19.2.